The summed E-state index contributed by atoms with van der Waals surface area (Å²) in [6.07, 6.45) is 0. The summed E-state index contributed by atoms with van der Waals surface area (Å²) in [5, 5.41) is 3.31. The highest BCUT2D eigenvalue weighted by molar-refractivity contribution is 6.30. The predicted octanol–water partition coefficient (Wildman–Crippen LogP) is 3.35. The molecule has 25 heavy (non-hydrogen) atoms. The number of methoxy groups -OCH3 is 2. The number of carbonyl (C=O) groups is 2. The number of halogens is 1. The van der Waals surface area contributed by atoms with E-state index >= 15 is 0 Å². The topological polar surface area (TPSA) is 67.9 Å². The Morgan fingerprint density at radius 1 is 1.04 bits per heavy atom. The second-order valence-electron chi connectivity index (χ2n) is 5.20. The molecular formula is C18H19ClN2O4. The number of amides is 2. The van der Waals surface area contributed by atoms with Crippen LogP contribution >= 0.6 is 11.6 Å². The number of benzene rings is 2. The molecule has 0 spiro atoms. The van der Waals surface area contributed by atoms with Gasteiger partial charge in [-0.1, -0.05) is 11.6 Å². The zero-order valence-corrected chi connectivity index (χ0v) is 15.0. The predicted molar refractivity (Wildman–Crippen MR) is 97.7 cm³/mol. The van der Waals surface area contributed by atoms with Gasteiger partial charge in [0.15, 0.2) is 11.5 Å². The summed E-state index contributed by atoms with van der Waals surface area (Å²) in [7, 11) is 3.03. The van der Waals surface area contributed by atoms with Gasteiger partial charge in [-0.2, -0.15) is 0 Å². The van der Waals surface area contributed by atoms with E-state index in [2.05, 4.69) is 5.32 Å². The van der Waals surface area contributed by atoms with Gasteiger partial charge in [0.2, 0.25) is 11.8 Å². The standard InChI is InChI=1S/C18H19ClN2O4/c1-12(22)21(15-8-9-16(24-2)17(10-15)25-3)11-18(23)20-14-6-4-13(19)5-7-14/h4-10H,11H2,1-3H3,(H,20,23). The van der Waals surface area contributed by atoms with Crippen LogP contribution in [0.2, 0.25) is 5.02 Å². The Morgan fingerprint density at radius 2 is 1.68 bits per heavy atom. The Bertz CT molecular complexity index is 762. The molecule has 0 saturated heterocycles. The Hall–Kier alpha value is -2.73. The smallest absolute Gasteiger partial charge is 0.244 e. The second kappa shape index (κ2) is 8.39. The molecule has 7 heteroatoms. The summed E-state index contributed by atoms with van der Waals surface area (Å²) in [4.78, 5) is 25.6. The van der Waals surface area contributed by atoms with Crippen molar-refractivity contribution in [2.24, 2.45) is 0 Å². The molecule has 0 aliphatic rings. The number of hydrogen-bond donors (Lipinski definition) is 1. The average Bonchev–Trinajstić information content (AvgIpc) is 2.60. The molecule has 2 aromatic rings. The van der Waals surface area contributed by atoms with Crippen molar-refractivity contribution >= 4 is 34.8 Å². The average molecular weight is 363 g/mol. The number of nitrogens with one attached hydrogen (secondary N) is 1. The summed E-state index contributed by atoms with van der Waals surface area (Å²) >= 11 is 5.82. The van der Waals surface area contributed by atoms with E-state index in [1.807, 2.05) is 0 Å². The number of rotatable bonds is 6. The molecule has 2 aromatic carbocycles. The Morgan fingerprint density at radius 3 is 2.24 bits per heavy atom. The maximum atomic E-state index is 12.3. The molecule has 2 rings (SSSR count). The minimum absolute atomic E-state index is 0.132. The van der Waals surface area contributed by atoms with Crippen LogP contribution in [0, 0.1) is 0 Å². The minimum Gasteiger partial charge on any atom is -0.493 e. The van der Waals surface area contributed by atoms with E-state index in [9.17, 15) is 9.59 Å². The van der Waals surface area contributed by atoms with Crippen LogP contribution < -0.4 is 19.7 Å². The van der Waals surface area contributed by atoms with E-state index < -0.39 is 0 Å². The van der Waals surface area contributed by atoms with Gasteiger partial charge in [0, 0.05) is 29.4 Å². The Balaban J connectivity index is 2.16. The first-order valence-corrected chi connectivity index (χ1v) is 7.88. The van der Waals surface area contributed by atoms with E-state index in [0.717, 1.165) is 0 Å². The zero-order chi connectivity index (χ0) is 18.4. The molecular weight excluding hydrogens is 344 g/mol. The fraction of sp³-hybridized carbons (Fsp3) is 0.222. The zero-order valence-electron chi connectivity index (χ0n) is 14.2. The molecule has 6 nitrogen and oxygen atoms in total. The molecule has 0 aromatic heterocycles. The van der Waals surface area contributed by atoms with Crippen LogP contribution in [0.4, 0.5) is 11.4 Å². The number of anilines is 2. The van der Waals surface area contributed by atoms with Gasteiger partial charge in [0.05, 0.1) is 14.2 Å². The van der Waals surface area contributed by atoms with Gasteiger partial charge in [0.1, 0.15) is 6.54 Å². The quantitative estimate of drug-likeness (QED) is 0.855. The molecule has 0 saturated carbocycles. The molecule has 0 unspecified atom stereocenters. The van der Waals surface area contributed by atoms with Crippen LogP contribution in [0.25, 0.3) is 0 Å². The van der Waals surface area contributed by atoms with E-state index in [1.165, 1.54) is 26.0 Å². The largest absolute Gasteiger partial charge is 0.493 e. The third-order valence-corrected chi connectivity index (χ3v) is 3.74. The lowest BCUT2D eigenvalue weighted by molar-refractivity contribution is -0.120. The highest BCUT2D eigenvalue weighted by Crippen LogP contribution is 2.31. The molecule has 0 atom stereocenters. The first kappa shape index (κ1) is 18.6. The van der Waals surface area contributed by atoms with E-state index in [-0.39, 0.29) is 18.4 Å². The van der Waals surface area contributed by atoms with E-state index in [1.54, 1.807) is 42.5 Å². The Kier molecular flexibility index (Phi) is 6.25. The third-order valence-electron chi connectivity index (χ3n) is 3.49. The van der Waals surface area contributed by atoms with Gasteiger partial charge in [-0.15, -0.1) is 0 Å². The van der Waals surface area contributed by atoms with Gasteiger partial charge < -0.3 is 19.7 Å². The minimum atomic E-state index is -0.327. The molecule has 132 valence electrons. The molecule has 0 fully saturated rings. The number of hydrogen-bond acceptors (Lipinski definition) is 4. The second-order valence-corrected chi connectivity index (χ2v) is 5.64. The van der Waals surface area contributed by atoms with Crippen LogP contribution in [0.1, 0.15) is 6.92 Å². The fourth-order valence-corrected chi connectivity index (χ4v) is 2.38. The van der Waals surface area contributed by atoms with Crippen molar-refractivity contribution in [1.29, 1.82) is 0 Å². The third kappa shape index (κ3) is 4.87. The van der Waals surface area contributed by atoms with Crippen molar-refractivity contribution in [1.82, 2.24) is 0 Å². The van der Waals surface area contributed by atoms with Crippen LogP contribution in [-0.2, 0) is 9.59 Å². The maximum absolute atomic E-state index is 12.3. The van der Waals surface area contributed by atoms with Crippen molar-refractivity contribution in [2.45, 2.75) is 6.92 Å². The van der Waals surface area contributed by atoms with Crippen LogP contribution in [0.15, 0.2) is 42.5 Å². The van der Waals surface area contributed by atoms with E-state index in [4.69, 9.17) is 21.1 Å². The van der Waals surface area contributed by atoms with Crippen molar-refractivity contribution in [3.8, 4) is 11.5 Å². The summed E-state index contributed by atoms with van der Waals surface area (Å²) in [5.41, 5.74) is 1.14. The molecule has 1 N–H and O–H groups in total. The summed E-state index contributed by atoms with van der Waals surface area (Å²) in [5.74, 6) is 0.426. The van der Waals surface area contributed by atoms with Gasteiger partial charge >= 0.3 is 0 Å². The lowest BCUT2D eigenvalue weighted by atomic mass is 10.2. The molecule has 0 radical (unpaired) electrons. The van der Waals surface area contributed by atoms with Crippen molar-refractivity contribution < 1.29 is 19.1 Å². The van der Waals surface area contributed by atoms with Gasteiger partial charge in [-0.25, -0.2) is 0 Å². The first-order chi connectivity index (χ1) is 11.9. The van der Waals surface area contributed by atoms with Crippen molar-refractivity contribution in [3.63, 3.8) is 0 Å². The summed E-state index contributed by atoms with van der Waals surface area (Å²) < 4.78 is 10.4. The lowest BCUT2D eigenvalue weighted by Gasteiger charge is -2.22. The van der Waals surface area contributed by atoms with Crippen LogP contribution in [0.3, 0.4) is 0 Å². The first-order valence-electron chi connectivity index (χ1n) is 7.50. The van der Waals surface area contributed by atoms with Crippen LogP contribution in [0.5, 0.6) is 11.5 Å². The van der Waals surface area contributed by atoms with E-state index in [0.29, 0.717) is 27.9 Å². The van der Waals surface area contributed by atoms with Gasteiger partial charge in [0.25, 0.3) is 0 Å². The fourth-order valence-electron chi connectivity index (χ4n) is 2.25. The number of carbonyl (C=O) groups excluding carboxylic acids is 2. The number of ether oxygens (including phenoxy) is 2. The lowest BCUT2D eigenvalue weighted by Crippen LogP contribution is -2.36. The highest BCUT2D eigenvalue weighted by atomic mass is 35.5. The molecule has 0 aliphatic heterocycles. The Labute approximate surface area is 151 Å². The molecule has 0 aliphatic carbocycles. The van der Waals surface area contributed by atoms with Crippen LogP contribution in [-0.4, -0.2) is 32.6 Å². The molecule has 0 bridgehead atoms. The number of nitrogens with zero attached hydrogens (tertiary/aromatic N) is 1. The van der Waals surface area contributed by atoms with Crippen molar-refractivity contribution in [2.75, 3.05) is 31.0 Å². The summed E-state index contributed by atoms with van der Waals surface area (Å²) in [6.45, 7) is 1.26. The SMILES string of the molecule is COc1ccc(N(CC(=O)Nc2ccc(Cl)cc2)C(C)=O)cc1OC. The van der Waals surface area contributed by atoms with Crippen molar-refractivity contribution in [3.05, 3.63) is 47.5 Å². The molecule has 0 heterocycles. The normalized spacial score (nSPS) is 10.1. The summed E-state index contributed by atoms with van der Waals surface area (Å²) in [6, 6.07) is 11.8. The highest BCUT2D eigenvalue weighted by Gasteiger charge is 2.18. The van der Waals surface area contributed by atoms with Gasteiger partial charge in [-0.3, -0.25) is 9.59 Å². The van der Waals surface area contributed by atoms with Gasteiger partial charge in [-0.05, 0) is 36.4 Å². The monoisotopic (exact) mass is 362 g/mol. The molecule has 2 amide bonds. The maximum Gasteiger partial charge on any atom is 0.244 e.